The van der Waals surface area contributed by atoms with Crippen molar-refractivity contribution in [1.82, 2.24) is 0 Å². The van der Waals surface area contributed by atoms with Crippen LogP contribution >= 0.6 is 11.8 Å². The van der Waals surface area contributed by atoms with Crippen molar-refractivity contribution in [2.45, 2.75) is 9.79 Å². The first-order valence-electron chi connectivity index (χ1n) is 5.14. The molecule has 18 heavy (non-hydrogen) atoms. The van der Waals surface area contributed by atoms with E-state index in [0.29, 0.717) is 10.5 Å². The Morgan fingerprint density at radius 1 is 1.06 bits per heavy atom. The third-order valence-electron chi connectivity index (χ3n) is 2.30. The van der Waals surface area contributed by atoms with E-state index in [2.05, 4.69) is 0 Å². The van der Waals surface area contributed by atoms with Crippen LogP contribution in [-0.2, 0) is 0 Å². The fraction of sp³-hybridized carbons (Fsp3) is 0. The molecule has 0 saturated carbocycles. The summed E-state index contributed by atoms with van der Waals surface area (Å²) in [5, 5.41) is 7.45. The Kier molecular flexibility index (Phi) is 3.62. The number of nitrogens with two attached hydrogens (primary N) is 1. The van der Waals surface area contributed by atoms with Crippen molar-refractivity contribution >= 4 is 17.6 Å². The second-order valence-corrected chi connectivity index (χ2v) is 4.70. The van der Waals surface area contributed by atoms with Crippen molar-refractivity contribution in [3.8, 4) is 0 Å². The van der Waals surface area contributed by atoms with E-state index in [1.807, 2.05) is 0 Å². The summed E-state index contributed by atoms with van der Waals surface area (Å²) in [6.07, 6.45) is 0. The molecule has 0 radical (unpaired) electrons. The molecular weight excluding hydrogens is 254 g/mol. The molecule has 0 aliphatic rings. The SMILES string of the molecule is N=C(N)c1ccccc1Sc1ccc(F)c(F)c1. The first-order chi connectivity index (χ1) is 8.58. The van der Waals surface area contributed by atoms with Gasteiger partial charge in [-0.05, 0) is 24.3 Å². The van der Waals surface area contributed by atoms with Crippen LogP contribution in [0.5, 0.6) is 0 Å². The number of nitrogens with one attached hydrogen (secondary N) is 1. The average Bonchev–Trinajstić information content (AvgIpc) is 2.34. The fourth-order valence-corrected chi connectivity index (χ4v) is 2.43. The Hall–Kier alpha value is -1.88. The second kappa shape index (κ2) is 5.18. The number of benzene rings is 2. The lowest BCUT2D eigenvalue weighted by molar-refractivity contribution is 0.506. The third kappa shape index (κ3) is 2.68. The van der Waals surface area contributed by atoms with Crippen LogP contribution in [0.15, 0.2) is 52.3 Å². The molecule has 0 atom stereocenters. The Balaban J connectivity index is 2.34. The number of nitrogen functional groups attached to an aromatic ring is 1. The monoisotopic (exact) mass is 264 g/mol. The number of hydrogen-bond donors (Lipinski definition) is 2. The zero-order valence-electron chi connectivity index (χ0n) is 9.28. The zero-order valence-corrected chi connectivity index (χ0v) is 10.1. The van der Waals surface area contributed by atoms with Gasteiger partial charge in [-0.15, -0.1) is 0 Å². The van der Waals surface area contributed by atoms with Crippen molar-refractivity contribution in [1.29, 1.82) is 5.41 Å². The quantitative estimate of drug-likeness (QED) is 0.659. The van der Waals surface area contributed by atoms with Gasteiger partial charge in [-0.3, -0.25) is 5.41 Å². The lowest BCUT2D eigenvalue weighted by atomic mass is 10.2. The molecule has 2 nitrogen and oxygen atoms in total. The molecule has 2 rings (SSSR count). The molecule has 0 spiro atoms. The molecule has 0 aliphatic carbocycles. The number of amidine groups is 1. The van der Waals surface area contributed by atoms with Crippen LogP contribution in [-0.4, -0.2) is 5.84 Å². The Morgan fingerprint density at radius 3 is 2.44 bits per heavy atom. The summed E-state index contributed by atoms with van der Waals surface area (Å²) in [7, 11) is 0. The van der Waals surface area contributed by atoms with Gasteiger partial charge in [0, 0.05) is 15.4 Å². The van der Waals surface area contributed by atoms with E-state index < -0.39 is 11.6 Å². The molecule has 0 unspecified atom stereocenters. The van der Waals surface area contributed by atoms with Crippen LogP contribution < -0.4 is 5.73 Å². The van der Waals surface area contributed by atoms with E-state index in [9.17, 15) is 8.78 Å². The van der Waals surface area contributed by atoms with Gasteiger partial charge in [0.2, 0.25) is 0 Å². The highest BCUT2D eigenvalue weighted by Gasteiger charge is 2.08. The molecule has 0 amide bonds. The van der Waals surface area contributed by atoms with E-state index in [0.717, 1.165) is 17.0 Å². The third-order valence-corrected chi connectivity index (χ3v) is 3.36. The van der Waals surface area contributed by atoms with Crippen LogP contribution in [0, 0.1) is 17.0 Å². The van der Waals surface area contributed by atoms with Crippen LogP contribution in [0.25, 0.3) is 0 Å². The lowest BCUT2D eigenvalue weighted by Gasteiger charge is -2.07. The van der Waals surface area contributed by atoms with Gasteiger partial charge in [0.1, 0.15) is 5.84 Å². The maximum absolute atomic E-state index is 13.1. The van der Waals surface area contributed by atoms with E-state index >= 15 is 0 Å². The predicted molar refractivity (Wildman–Crippen MR) is 67.9 cm³/mol. The lowest BCUT2D eigenvalue weighted by Crippen LogP contribution is -2.11. The summed E-state index contributed by atoms with van der Waals surface area (Å²) in [5.41, 5.74) is 6.03. The Labute approximate surface area is 107 Å². The second-order valence-electron chi connectivity index (χ2n) is 3.59. The normalized spacial score (nSPS) is 10.3. The highest BCUT2D eigenvalue weighted by Crippen LogP contribution is 2.30. The van der Waals surface area contributed by atoms with Crippen molar-refractivity contribution in [3.05, 3.63) is 59.7 Å². The van der Waals surface area contributed by atoms with E-state index in [4.69, 9.17) is 11.1 Å². The van der Waals surface area contributed by atoms with E-state index in [1.165, 1.54) is 17.8 Å². The van der Waals surface area contributed by atoms with Crippen molar-refractivity contribution < 1.29 is 8.78 Å². The van der Waals surface area contributed by atoms with Crippen molar-refractivity contribution in [3.63, 3.8) is 0 Å². The van der Waals surface area contributed by atoms with Gasteiger partial charge in [0.15, 0.2) is 11.6 Å². The fourth-order valence-electron chi connectivity index (χ4n) is 1.45. The predicted octanol–water partition coefficient (Wildman–Crippen LogP) is 3.40. The molecule has 92 valence electrons. The molecule has 2 aromatic rings. The molecule has 0 heterocycles. The minimum absolute atomic E-state index is 0.0549. The Morgan fingerprint density at radius 2 is 1.78 bits per heavy atom. The smallest absolute Gasteiger partial charge is 0.159 e. The van der Waals surface area contributed by atoms with Gasteiger partial charge in [0.25, 0.3) is 0 Å². The molecule has 0 aromatic heterocycles. The first kappa shape index (κ1) is 12.6. The topological polar surface area (TPSA) is 49.9 Å². The summed E-state index contributed by atoms with van der Waals surface area (Å²) < 4.78 is 25.9. The van der Waals surface area contributed by atoms with Gasteiger partial charge < -0.3 is 5.73 Å². The maximum Gasteiger partial charge on any atom is 0.159 e. The van der Waals surface area contributed by atoms with Crippen molar-refractivity contribution in [2.75, 3.05) is 0 Å². The van der Waals surface area contributed by atoms with Crippen LogP contribution in [0.1, 0.15) is 5.56 Å². The molecule has 0 saturated heterocycles. The van der Waals surface area contributed by atoms with Crippen LogP contribution in [0.4, 0.5) is 8.78 Å². The van der Waals surface area contributed by atoms with Crippen LogP contribution in [0.2, 0.25) is 0 Å². The Bertz CT molecular complexity index is 599. The number of hydrogen-bond acceptors (Lipinski definition) is 2. The minimum Gasteiger partial charge on any atom is -0.384 e. The van der Waals surface area contributed by atoms with E-state index in [1.54, 1.807) is 24.3 Å². The van der Waals surface area contributed by atoms with Crippen molar-refractivity contribution in [2.24, 2.45) is 5.73 Å². The number of rotatable bonds is 3. The molecule has 3 N–H and O–H groups in total. The highest BCUT2D eigenvalue weighted by molar-refractivity contribution is 7.99. The standard InChI is InChI=1S/C13H10F2N2S/c14-10-6-5-8(7-11(10)15)18-12-4-2-1-3-9(12)13(16)17/h1-7H,(H3,16,17). The molecule has 0 bridgehead atoms. The summed E-state index contributed by atoms with van der Waals surface area (Å²) in [6.45, 7) is 0. The molecule has 0 fully saturated rings. The van der Waals surface area contributed by atoms with Gasteiger partial charge >= 0.3 is 0 Å². The van der Waals surface area contributed by atoms with Gasteiger partial charge in [0.05, 0.1) is 0 Å². The van der Waals surface area contributed by atoms with Crippen LogP contribution in [0.3, 0.4) is 0 Å². The summed E-state index contributed by atoms with van der Waals surface area (Å²) in [6, 6.07) is 10.7. The van der Waals surface area contributed by atoms with Gasteiger partial charge in [-0.2, -0.15) is 0 Å². The average molecular weight is 264 g/mol. The molecule has 2 aromatic carbocycles. The van der Waals surface area contributed by atoms with Gasteiger partial charge in [-0.1, -0.05) is 30.0 Å². The van der Waals surface area contributed by atoms with E-state index in [-0.39, 0.29) is 5.84 Å². The number of halogens is 2. The molecule has 0 aliphatic heterocycles. The summed E-state index contributed by atoms with van der Waals surface area (Å²) in [5.74, 6) is -1.82. The minimum atomic E-state index is -0.889. The maximum atomic E-state index is 13.1. The summed E-state index contributed by atoms with van der Waals surface area (Å²) in [4.78, 5) is 1.29. The summed E-state index contributed by atoms with van der Waals surface area (Å²) >= 11 is 1.24. The first-order valence-corrected chi connectivity index (χ1v) is 5.96. The highest BCUT2D eigenvalue weighted by atomic mass is 32.2. The molecule has 5 heteroatoms. The zero-order chi connectivity index (χ0) is 13.1. The van der Waals surface area contributed by atoms with Gasteiger partial charge in [-0.25, -0.2) is 8.78 Å². The molecular formula is C13H10F2N2S. The largest absolute Gasteiger partial charge is 0.384 e.